The average Bonchev–Trinajstić information content (AvgIpc) is 2.51. The first kappa shape index (κ1) is 13.0. The van der Waals surface area contributed by atoms with Gasteiger partial charge in [0.1, 0.15) is 5.75 Å². The molecule has 104 valence electrons. The van der Waals surface area contributed by atoms with Crippen LogP contribution in [0, 0.1) is 0 Å². The van der Waals surface area contributed by atoms with E-state index in [1.807, 2.05) is 48.5 Å². The third-order valence-corrected chi connectivity index (χ3v) is 3.56. The van der Waals surface area contributed by atoms with Crippen molar-refractivity contribution in [3.8, 4) is 11.5 Å². The molecule has 2 aromatic rings. The van der Waals surface area contributed by atoms with Crippen molar-refractivity contribution in [2.75, 3.05) is 18.4 Å². The zero-order valence-corrected chi connectivity index (χ0v) is 11.5. The smallest absolute Gasteiger partial charge is 0.150 e. The molecular formula is C17H20N2O. The van der Waals surface area contributed by atoms with Crippen molar-refractivity contribution >= 4 is 5.69 Å². The number of benzene rings is 2. The lowest BCUT2D eigenvalue weighted by atomic mass is 10.1. The topological polar surface area (TPSA) is 33.3 Å². The molecular weight excluding hydrogens is 248 g/mol. The second kappa shape index (κ2) is 6.44. The molecule has 0 atom stereocenters. The van der Waals surface area contributed by atoms with Gasteiger partial charge in [0, 0.05) is 6.04 Å². The highest BCUT2D eigenvalue weighted by molar-refractivity contribution is 5.58. The highest BCUT2D eigenvalue weighted by Gasteiger charge is 2.14. The number of hydrogen-bond acceptors (Lipinski definition) is 3. The predicted molar refractivity (Wildman–Crippen MR) is 82.5 cm³/mol. The molecule has 3 nitrogen and oxygen atoms in total. The molecule has 1 saturated heterocycles. The molecule has 3 heteroatoms. The van der Waals surface area contributed by atoms with Crippen molar-refractivity contribution in [2.24, 2.45) is 0 Å². The van der Waals surface area contributed by atoms with Gasteiger partial charge in [-0.25, -0.2) is 0 Å². The molecule has 1 aliphatic rings. The monoisotopic (exact) mass is 268 g/mol. The summed E-state index contributed by atoms with van der Waals surface area (Å²) in [6.45, 7) is 2.17. The van der Waals surface area contributed by atoms with E-state index in [-0.39, 0.29) is 0 Å². The maximum atomic E-state index is 5.97. The van der Waals surface area contributed by atoms with Crippen LogP contribution in [0.3, 0.4) is 0 Å². The molecule has 0 aliphatic carbocycles. The maximum absolute atomic E-state index is 5.97. The van der Waals surface area contributed by atoms with E-state index in [1.54, 1.807) is 0 Å². The van der Waals surface area contributed by atoms with Gasteiger partial charge in [-0.05, 0) is 50.2 Å². The first-order valence-corrected chi connectivity index (χ1v) is 7.21. The standard InChI is InChI=1S/C17H20N2O/c1-2-6-15(7-3-1)20-17-9-5-4-8-16(17)19-14-10-12-18-13-11-14/h1-9,14,18-19H,10-13H2. The molecule has 0 saturated carbocycles. The average molecular weight is 268 g/mol. The van der Waals surface area contributed by atoms with Gasteiger partial charge in [0.15, 0.2) is 5.75 Å². The van der Waals surface area contributed by atoms with Gasteiger partial charge in [0.05, 0.1) is 5.69 Å². The first-order chi connectivity index (χ1) is 9.92. The molecule has 1 aliphatic heterocycles. The molecule has 0 unspecified atom stereocenters. The summed E-state index contributed by atoms with van der Waals surface area (Å²) < 4.78 is 5.97. The molecule has 0 bridgehead atoms. The van der Waals surface area contributed by atoms with Crippen molar-refractivity contribution in [1.82, 2.24) is 5.32 Å². The van der Waals surface area contributed by atoms with Gasteiger partial charge < -0.3 is 15.4 Å². The lowest BCUT2D eigenvalue weighted by Gasteiger charge is -2.25. The molecule has 2 N–H and O–H groups in total. The second-order valence-corrected chi connectivity index (χ2v) is 5.08. The normalized spacial score (nSPS) is 15.8. The van der Waals surface area contributed by atoms with E-state index in [1.165, 1.54) is 0 Å². The zero-order chi connectivity index (χ0) is 13.6. The largest absolute Gasteiger partial charge is 0.455 e. The summed E-state index contributed by atoms with van der Waals surface area (Å²) in [5, 5.41) is 6.99. The van der Waals surface area contributed by atoms with Crippen molar-refractivity contribution in [2.45, 2.75) is 18.9 Å². The van der Waals surface area contributed by atoms with E-state index < -0.39 is 0 Å². The summed E-state index contributed by atoms with van der Waals surface area (Å²) in [4.78, 5) is 0. The van der Waals surface area contributed by atoms with Crippen LogP contribution in [0.1, 0.15) is 12.8 Å². The number of hydrogen-bond donors (Lipinski definition) is 2. The number of para-hydroxylation sites is 3. The predicted octanol–water partition coefficient (Wildman–Crippen LogP) is 3.64. The minimum Gasteiger partial charge on any atom is -0.455 e. The van der Waals surface area contributed by atoms with Gasteiger partial charge in [-0.15, -0.1) is 0 Å². The SMILES string of the molecule is c1ccc(Oc2ccccc2NC2CCNCC2)cc1. The van der Waals surface area contributed by atoms with Crippen LogP contribution in [0.4, 0.5) is 5.69 Å². The van der Waals surface area contributed by atoms with E-state index in [0.29, 0.717) is 6.04 Å². The molecule has 0 aromatic heterocycles. The molecule has 0 amide bonds. The third-order valence-electron chi connectivity index (χ3n) is 3.56. The number of anilines is 1. The Morgan fingerprint density at radius 2 is 1.60 bits per heavy atom. The summed E-state index contributed by atoms with van der Waals surface area (Å²) in [6, 6.07) is 18.6. The minimum absolute atomic E-state index is 0.525. The molecule has 0 radical (unpaired) electrons. The second-order valence-electron chi connectivity index (χ2n) is 5.08. The molecule has 0 spiro atoms. The van der Waals surface area contributed by atoms with Gasteiger partial charge in [0.25, 0.3) is 0 Å². The summed E-state index contributed by atoms with van der Waals surface area (Å²) in [5.74, 6) is 1.75. The zero-order valence-electron chi connectivity index (χ0n) is 11.5. The van der Waals surface area contributed by atoms with Gasteiger partial charge in [0.2, 0.25) is 0 Å². The first-order valence-electron chi connectivity index (χ1n) is 7.21. The van der Waals surface area contributed by atoms with Crippen molar-refractivity contribution in [3.63, 3.8) is 0 Å². The Balaban J connectivity index is 1.74. The van der Waals surface area contributed by atoms with Crippen LogP contribution < -0.4 is 15.4 Å². The van der Waals surface area contributed by atoms with Crippen LogP contribution in [0.5, 0.6) is 11.5 Å². The van der Waals surface area contributed by atoms with E-state index in [9.17, 15) is 0 Å². The Kier molecular flexibility index (Phi) is 4.19. The minimum atomic E-state index is 0.525. The van der Waals surface area contributed by atoms with Crippen LogP contribution in [0.25, 0.3) is 0 Å². The van der Waals surface area contributed by atoms with Crippen molar-refractivity contribution in [1.29, 1.82) is 0 Å². The van der Waals surface area contributed by atoms with Gasteiger partial charge in [-0.1, -0.05) is 30.3 Å². The van der Waals surface area contributed by atoms with Crippen LogP contribution in [0.15, 0.2) is 54.6 Å². The molecule has 20 heavy (non-hydrogen) atoms. The Morgan fingerprint density at radius 1 is 0.900 bits per heavy atom. The Labute approximate surface area is 120 Å². The lowest BCUT2D eigenvalue weighted by molar-refractivity contribution is 0.467. The van der Waals surface area contributed by atoms with E-state index in [0.717, 1.165) is 43.1 Å². The summed E-state index contributed by atoms with van der Waals surface area (Å²) >= 11 is 0. The Bertz CT molecular complexity index is 536. The van der Waals surface area contributed by atoms with Crippen molar-refractivity contribution < 1.29 is 4.74 Å². The Morgan fingerprint density at radius 3 is 2.40 bits per heavy atom. The molecule has 1 heterocycles. The summed E-state index contributed by atoms with van der Waals surface area (Å²) in [6.07, 6.45) is 2.30. The molecule has 1 fully saturated rings. The van der Waals surface area contributed by atoms with Gasteiger partial charge in [-0.2, -0.15) is 0 Å². The van der Waals surface area contributed by atoms with Gasteiger partial charge >= 0.3 is 0 Å². The number of ether oxygens (including phenoxy) is 1. The molecule has 2 aromatic carbocycles. The fourth-order valence-electron chi connectivity index (χ4n) is 2.48. The number of piperidine rings is 1. The Hall–Kier alpha value is -2.00. The maximum Gasteiger partial charge on any atom is 0.150 e. The third kappa shape index (κ3) is 3.31. The quantitative estimate of drug-likeness (QED) is 0.888. The highest BCUT2D eigenvalue weighted by atomic mass is 16.5. The summed E-state index contributed by atoms with van der Waals surface area (Å²) in [7, 11) is 0. The van der Waals surface area contributed by atoms with Crippen LogP contribution in [0.2, 0.25) is 0 Å². The number of rotatable bonds is 4. The lowest BCUT2D eigenvalue weighted by Crippen LogP contribution is -2.35. The van der Waals surface area contributed by atoms with Crippen LogP contribution >= 0.6 is 0 Å². The number of nitrogens with one attached hydrogen (secondary N) is 2. The van der Waals surface area contributed by atoms with Crippen LogP contribution in [-0.4, -0.2) is 19.1 Å². The van der Waals surface area contributed by atoms with Crippen molar-refractivity contribution in [3.05, 3.63) is 54.6 Å². The summed E-state index contributed by atoms with van der Waals surface area (Å²) in [5.41, 5.74) is 1.07. The van der Waals surface area contributed by atoms with Crippen LogP contribution in [-0.2, 0) is 0 Å². The highest BCUT2D eigenvalue weighted by Crippen LogP contribution is 2.30. The van der Waals surface area contributed by atoms with Gasteiger partial charge in [-0.3, -0.25) is 0 Å². The van der Waals surface area contributed by atoms with E-state index >= 15 is 0 Å². The molecule has 3 rings (SSSR count). The van der Waals surface area contributed by atoms with E-state index in [2.05, 4.69) is 16.7 Å². The van der Waals surface area contributed by atoms with E-state index in [4.69, 9.17) is 4.74 Å². The fraction of sp³-hybridized carbons (Fsp3) is 0.294. The fourth-order valence-corrected chi connectivity index (χ4v) is 2.48.